The molecular formula is C14H16F2N2O2. The van der Waals surface area contributed by atoms with Crippen molar-refractivity contribution in [2.75, 3.05) is 13.2 Å². The first-order chi connectivity index (χ1) is 9.65. The quantitative estimate of drug-likeness (QED) is 0.826. The van der Waals surface area contributed by atoms with E-state index in [1.165, 1.54) is 12.1 Å². The molecule has 1 aromatic heterocycles. The van der Waals surface area contributed by atoms with Gasteiger partial charge in [0.2, 0.25) is 0 Å². The summed E-state index contributed by atoms with van der Waals surface area (Å²) in [5.41, 5.74) is 1.19. The van der Waals surface area contributed by atoms with Crippen LogP contribution in [0.1, 0.15) is 25.8 Å². The smallest absolute Gasteiger partial charge is 0.200 e. The molecule has 1 heterocycles. The molecule has 0 spiro atoms. The van der Waals surface area contributed by atoms with E-state index in [-0.39, 0.29) is 5.56 Å². The van der Waals surface area contributed by atoms with E-state index in [2.05, 4.69) is 10.2 Å². The van der Waals surface area contributed by atoms with Gasteiger partial charge in [0.25, 0.3) is 0 Å². The monoisotopic (exact) mass is 282 g/mol. The second-order valence-corrected chi connectivity index (χ2v) is 4.08. The number of rotatable bonds is 6. The Balaban J connectivity index is 2.27. The summed E-state index contributed by atoms with van der Waals surface area (Å²) in [6.07, 6.45) is -0.574. The van der Waals surface area contributed by atoms with Crippen molar-refractivity contribution < 1.29 is 18.3 Å². The Morgan fingerprint density at radius 2 is 1.85 bits per heavy atom. The van der Waals surface area contributed by atoms with Crippen molar-refractivity contribution in [2.45, 2.75) is 20.1 Å². The molecule has 108 valence electrons. The maximum atomic E-state index is 13.7. The molecule has 0 bridgehead atoms. The average molecular weight is 282 g/mol. The number of halogens is 2. The minimum atomic E-state index is -0.660. The normalized spacial score (nSPS) is 11.2. The van der Waals surface area contributed by atoms with Crippen molar-refractivity contribution >= 4 is 0 Å². The van der Waals surface area contributed by atoms with E-state index in [0.29, 0.717) is 24.6 Å². The summed E-state index contributed by atoms with van der Waals surface area (Å²) in [4.78, 5) is 0. The molecule has 4 nitrogen and oxygen atoms in total. The molecule has 2 aromatic rings. The fourth-order valence-electron chi connectivity index (χ4n) is 1.82. The number of hydrogen-bond donors (Lipinski definition) is 1. The minimum absolute atomic E-state index is 0.223. The Morgan fingerprint density at radius 1 is 1.15 bits per heavy atom. The lowest BCUT2D eigenvalue weighted by molar-refractivity contribution is -0.142. The van der Waals surface area contributed by atoms with E-state index < -0.39 is 17.9 Å². The second-order valence-electron chi connectivity index (χ2n) is 4.08. The van der Waals surface area contributed by atoms with Gasteiger partial charge in [-0.2, -0.15) is 5.10 Å². The molecule has 0 aliphatic carbocycles. The summed E-state index contributed by atoms with van der Waals surface area (Å²) in [5.74, 6) is -1.28. The number of aromatic nitrogens is 2. The lowest BCUT2D eigenvalue weighted by atomic mass is 10.1. The van der Waals surface area contributed by atoms with Crippen LogP contribution in [0, 0.1) is 11.6 Å². The number of H-pyrrole nitrogens is 1. The van der Waals surface area contributed by atoms with Crippen molar-refractivity contribution in [2.24, 2.45) is 0 Å². The topological polar surface area (TPSA) is 47.1 Å². The maximum Gasteiger partial charge on any atom is 0.200 e. The zero-order chi connectivity index (χ0) is 14.5. The Morgan fingerprint density at radius 3 is 2.45 bits per heavy atom. The summed E-state index contributed by atoms with van der Waals surface area (Å²) in [5, 5.41) is 6.77. The molecule has 2 rings (SSSR count). The third-order valence-corrected chi connectivity index (χ3v) is 2.69. The highest BCUT2D eigenvalue weighted by Crippen LogP contribution is 2.25. The first-order valence-electron chi connectivity index (χ1n) is 6.39. The number of hydrogen-bond acceptors (Lipinski definition) is 3. The third kappa shape index (κ3) is 3.20. The first-order valence-corrected chi connectivity index (χ1v) is 6.39. The molecule has 1 N–H and O–H groups in total. The molecule has 0 aliphatic rings. The Bertz CT molecular complexity index is 566. The molecule has 0 saturated heterocycles. The van der Waals surface area contributed by atoms with Gasteiger partial charge in [0.15, 0.2) is 6.29 Å². The van der Waals surface area contributed by atoms with Crippen LogP contribution in [0.3, 0.4) is 0 Å². The molecular weight excluding hydrogens is 266 g/mol. The Hall–Kier alpha value is -1.79. The van der Waals surface area contributed by atoms with Crippen LogP contribution in [-0.2, 0) is 9.47 Å². The number of aromatic amines is 1. The molecule has 0 saturated carbocycles. The van der Waals surface area contributed by atoms with E-state index >= 15 is 0 Å². The SMILES string of the molecule is CCOC(OCC)c1cc(-c2ccc(F)cc2F)n[nH]1. The average Bonchev–Trinajstić information content (AvgIpc) is 2.88. The van der Waals surface area contributed by atoms with Gasteiger partial charge in [-0.1, -0.05) is 0 Å². The lowest BCUT2D eigenvalue weighted by Gasteiger charge is -2.14. The molecule has 0 unspecified atom stereocenters. The van der Waals surface area contributed by atoms with Gasteiger partial charge in [-0.25, -0.2) is 8.78 Å². The third-order valence-electron chi connectivity index (χ3n) is 2.69. The van der Waals surface area contributed by atoms with E-state index in [4.69, 9.17) is 9.47 Å². The largest absolute Gasteiger partial charge is 0.347 e. The van der Waals surface area contributed by atoms with Crippen LogP contribution in [0.2, 0.25) is 0 Å². The highest BCUT2D eigenvalue weighted by molar-refractivity contribution is 5.60. The summed E-state index contributed by atoms with van der Waals surface area (Å²) < 4.78 is 37.4. The second kappa shape index (κ2) is 6.58. The number of nitrogens with one attached hydrogen (secondary N) is 1. The molecule has 0 atom stereocenters. The summed E-state index contributed by atoms with van der Waals surface area (Å²) >= 11 is 0. The standard InChI is InChI=1S/C14H16F2N2O2/c1-3-19-14(20-4-2)13-8-12(17-18-13)10-6-5-9(15)7-11(10)16/h5-8,14H,3-4H2,1-2H3,(H,17,18). The van der Waals surface area contributed by atoms with Crippen LogP contribution in [-0.4, -0.2) is 23.4 Å². The Kier molecular flexibility index (Phi) is 4.81. The van der Waals surface area contributed by atoms with E-state index in [0.717, 1.165) is 6.07 Å². The summed E-state index contributed by atoms with van der Waals surface area (Å²) in [6, 6.07) is 4.99. The number of nitrogens with zero attached hydrogens (tertiary/aromatic N) is 1. The molecule has 6 heteroatoms. The number of benzene rings is 1. The predicted octanol–water partition coefficient (Wildman–Crippen LogP) is 3.43. The fraction of sp³-hybridized carbons (Fsp3) is 0.357. The number of ether oxygens (including phenoxy) is 2. The highest BCUT2D eigenvalue weighted by Gasteiger charge is 2.17. The summed E-state index contributed by atoms with van der Waals surface area (Å²) in [6.45, 7) is 4.65. The summed E-state index contributed by atoms with van der Waals surface area (Å²) in [7, 11) is 0. The lowest BCUT2D eigenvalue weighted by Crippen LogP contribution is -2.09. The van der Waals surface area contributed by atoms with Crippen LogP contribution < -0.4 is 0 Å². The van der Waals surface area contributed by atoms with Crippen LogP contribution >= 0.6 is 0 Å². The molecule has 1 aromatic carbocycles. The fourth-order valence-corrected chi connectivity index (χ4v) is 1.82. The van der Waals surface area contributed by atoms with Crippen LogP contribution in [0.5, 0.6) is 0 Å². The van der Waals surface area contributed by atoms with Crippen LogP contribution in [0.15, 0.2) is 24.3 Å². The molecule has 20 heavy (non-hydrogen) atoms. The van der Waals surface area contributed by atoms with Gasteiger partial charge in [-0.15, -0.1) is 0 Å². The van der Waals surface area contributed by atoms with E-state index in [9.17, 15) is 8.78 Å². The van der Waals surface area contributed by atoms with Gasteiger partial charge in [0, 0.05) is 24.8 Å². The van der Waals surface area contributed by atoms with Crippen LogP contribution in [0.25, 0.3) is 11.3 Å². The van der Waals surface area contributed by atoms with Crippen molar-refractivity contribution in [3.63, 3.8) is 0 Å². The highest BCUT2D eigenvalue weighted by atomic mass is 19.1. The Labute approximate surface area is 115 Å². The van der Waals surface area contributed by atoms with Gasteiger partial charge in [-0.3, -0.25) is 5.10 Å². The first kappa shape index (κ1) is 14.6. The van der Waals surface area contributed by atoms with Gasteiger partial charge in [0.1, 0.15) is 11.6 Å². The van der Waals surface area contributed by atoms with E-state index in [1.54, 1.807) is 6.07 Å². The van der Waals surface area contributed by atoms with Crippen molar-refractivity contribution in [3.05, 3.63) is 41.6 Å². The van der Waals surface area contributed by atoms with Gasteiger partial charge in [-0.05, 0) is 32.0 Å². The molecule has 0 fully saturated rings. The molecule has 0 amide bonds. The van der Waals surface area contributed by atoms with Crippen molar-refractivity contribution in [3.8, 4) is 11.3 Å². The van der Waals surface area contributed by atoms with E-state index in [1.807, 2.05) is 13.8 Å². The predicted molar refractivity (Wildman–Crippen MR) is 69.9 cm³/mol. The molecule has 0 aliphatic heterocycles. The van der Waals surface area contributed by atoms with Crippen molar-refractivity contribution in [1.29, 1.82) is 0 Å². The zero-order valence-electron chi connectivity index (χ0n) is 11.3. The van der Waals surface area contributed by atoms with Crippen molar-refractivity contribution in [1.82, 2.24) is 10.2 Å². The van der Waals surface area contributed by atoms with Gasteiger partial charge >= 0.3 is 0 Å². The van der Waals surface area contributed by atoms with Crippen LogP contribution in [0.4, 0.5) is 8.78 Å². The minimum Gasteiger partial charge on any atom is -0.347 e. The zero-order valence-corrected chi connectivity index (χ0v) is 11.3. The van der Waals surface area contributed by atoms with Gasteiger partial charge in [0.05, 0.1) is 11.4 Å². The maximum absolute atomic E-state index is 13.7. The van der Waals surface area contributed by atoms with Gasteiger partial charge < -0.3 is 9.47 Å². The molecule has 0 radical (unpaired) electrons.